The monoisotopic (exact) mass is 306 g/mol. The van der Waals surface area contributed by atoms with Gasteiger partial charge in [-0.25, -0.2) is 0 Å². The first-order valence-corrected chi connectivity index (χ1v) is 6.28. The van der Waals surface area contributed by atoms with E-state index in [2.05, 4.69) is 21.2 Å². The highest BCUT2D eigenvalue weighted by Crippen LogP contribution is 2.30. The molecule has 86 valence electrons. The molecule has 4 heteroatoms. The van der Waals surface area contributed by atoms with Gasteiger partial charge in [0.15, 0.2) is 5.11 Å². The van der Waals surface area contributed by atoms with Crippen LogP contribution in [0.3, 0.4) is 0 Å². The second-order valence-corrected chi connectivity index (χ2v) is 4.90. The molecular weight excluding hydrogens is 296 g/mol. The van der Waals surface area contributed by atoms with Gasteiger partial charge in [0.25, 0.3) is 0 Å². The Morgan fingerprint density at radius 1 is 1.12 bits per heavy atom. The number of nitrogens with two attached hydrogens (primary N) is 1. The van der Waals surface area contributed by atoms with Crippen LogP contribution in [-0.2, 0) is 0 Å². The molecule has 3 N–H and O–H groups in total. The highest BCUT2D eigenvalue weighted by Gasteiger charge is 2.05. The lowest BCUT2D eigenvalue weighted by Gasteiger charge is -2.11. The van der Waals surface area contributed by atoms with Crippen molar-refractivity contribution in [3.63, 3.8) is 0 Å². The summed E-state index contributed by atoms with van der Waals surface area (Å²) in [6.07, 6.45) is 0. The highest BCUT2D eigenvalue weighted by atomic mass is 79.9. The van der Waals surface area contributed by atoms with Crippen molar-refractivity contribution in [3.05, 3.63) is 53.0 Å². The minimum absolute atomic E-state index is 0.268. The third-order valence-corrected chi connectivity index (χ3v) is 2.92. The van der Waals surface area contributed by atoms with Crippen LogP contribution in [0.25, 0.3) is 11.1 Å². The van der Waals surface area contributed by atoms with Gasteiger partial charge in [-0.2, -0.15) is 0 Å². The van der Waals surface area contributed by atoms with E-state index < -0.39 is 0 Å². The van der Waals surface area contributed by atoms with Crippen molar-refractivity contribution < 1.29 is 0 Å². The lowest BCUT2D eigenvalue weighted by Crippen LogP contribution is -2.19. The summed E-state index contributed by atoms with van der Waals surface area (Å²) < 4.78 is 1.02. The molecule has 0 amide bonds. The van der Waals surface area contributed by atoms with Crippen LogP contribution in [-0.4, -0.2) is 5.11 Å². The molecule has 0 aliphatic heterocycles. The van der Waals surface area contributed by atoms with E-state index >= 15 is 0 Å². The second kappa shape index (κ2) is 5.29. The third kappa shape index (κ3) is 3.05. The van der Waals surface area contributed by atoms with Crippen LogP contribution in [0.5, 0.6) is 0 Å². The molecular formula is C13H11BrN2S. The fraction of sp³-hybridized carbons (Fsp3) is 0. The van der Waals surface area contributed by atoms with Gasteiger partial charge < -0.3 is 11.1 Å². The standard InChI is InChI=1S/C13H11BrN2S/c14-10-6-7-12(16-13(15)17)11(8-10)9-4-2-1-3-5-9/h1-8H,(H3,15,16,17). The number of anilines is 1. The summed E-state index contributed by atoms with van der Waals surface area (Å²) in [5.74, 6) is 0. The van der Waals surface area contributed by atoms with Crippen LogP contribution < -0.4 is 11.1 Å². The molecule has 2 nitrogen and oxygen atoms in total. The van der Waals surface area contributed by atoms with Gasteiger partial charge in [0.05, 0.1) is 0 Å². The molecule has 0 saturated heterocycles. The molecule has 0 unspecified atom stereocenters. The van der Waals surface area contributed by atoms with Crippen molar-refractivity contribution >= 4 is 38.9 Å². The summed E-state index contributed by atoms with van der Waals surface area (Å²) >= 11 is 8.34. The Hall–Kier alpha value is -1.39. The van der Waals surface area contributed by atoms with Crippen LogP contribution >= 0.6 is 28.1 Å². The number of halogens is 1. The number of rotatable bonds is 2. The zero-order valence-corrected chi connectivity index (χ0v) is 11.4. The zero-order chi connectivity index (χ0) is 12.3. The van der Waals surface area contributed by atoms with Crippen LogP contribution in [0.2, 0.25) is 0 Å². The summed E-state index contributed by atoms with van der Waals surface area (Å²) in [4.78, 5) is 0. The average Bonchev–Trinajstić information content (AvgIpc) is 2.32. The summed E-state index contributed by atoms with van der Waals surface area (Å²) in [7, 11) is 0. The topological polar surface area (TPSA) is 38.0 Å². The zero-order valence-electron chi connectivity index (χ0n) is 8.98. The molecule has 2 aromatic rings. The molecule has 0 heterocycles. The molecule has 2 aromatic carbocycles. The van der Waals surface area contributed by atoms with Crippen LogP contribution in [0, 0.1) is 0 Å². The minimum Gasteiger partial charge on any atom is -0.376 e. The Morgan fingerprint density at radius 3 is 2.47 bits per heavy atom. The molecule has 0 radical (unpaired) electrons. The lowest BCUT2D eigenvalue weighted by molar-refractivity contribution is 1.55. The van der Waals surface area contributed by atoms with Crippen molar-refractivity contribution in [1.29, 1.82) is 0 Å². The Labute approximate surface area is 114 Å². The average molecular weight is 307 g/mol. The van der Waals surface area contributed by atoms with Crippen LogP contribution in [0.1, 0.15) is 0 Å². The van der Waals surface area contributed by atoms with Crippen molar-refractivity contribution in [2.24, 2.45) is 5.73 Å². The van der Waals surface area contributed by atoms with E-state index in [4.69, 9.17) is 18.0 Å². The molecule has 0 aliphatic carbocycles. The molecule has 0 fully saturated rings. The first-order chi connectivity index (χ1) is 8.16. The molecule has 0 atom stereocenters. The number of hydrogen-bond donors (Lipinski definition) is 2. The largest absolute Gasteiger partial charge is 0.376 e. The molecule has 0 saturated carbocycles. The highest BCUT2D eigenvalue weighted by molar-refractivity contribution is 9.10. The fourth-order valence-corrected chi connectivity index (χ4v) is 2.09. The third-order valence-electron chi connectivity index (χ3n) is 2.32. The molecule has 0 aliphatic rings. The lowest BCUT2D eigenvalue weighted by atomic mass is 10.0. The Kier molecular flexibility index (Phi) is 3.76. The van der Waals surface area contributed by atoms with Crippen LogP contribution in [0.4, 0.5) is 5.69 Å². The van der Waals surface area contributed by atoms with Crippen molar-refractivity contribution in [3.8, 4) is 11.1 Å². The molecule has 0 spiro atoms. The van der Waals surface area contributed by atoms with E-state index in [9.17, 15) is 0 Å². The quantitative estimate of drug-likeness (QED) is 0.829. The SMILES string of the molecule is NC(=S)Nc1ccc(Br)cc1-c1ccccc1. The van der Waals surface area contributed by atoms with Gasteiger partial charge >= 0.3 is 0 Å². The number of thiocarbonyl (C=S) groups is 1. The van der Waals surface area contributed by atoms with Gasteiger partial charge in [0.1, 0.15) is 0 Å². The summed E-state index contributed by atoms with van der Waals surface area (Å²) in [6, 6.07) is 16.0. The van der Waals surface area contributed by atoms with E-state index in [-0.39, 0.29) is 5.11 Å². The van der Waals surface area contributed by atoms with Gasteiger partial charge in [0, 0.05) is 15.7 Å². The maximum Gasteiger partial charge on any atom is 0.168 e. The summed E-state index contributed by atoms with van der Waals surface area (Å²) in [5, 5.41) is 3.26. The van der Waals surface area contributed by atoms with E-state index in [0.717, 1.165) is 21.3 Å². The number of nitrogens with one attached hydrogen (secondary N) is 1. The van der Waals surface area contributed by atoms with Gasteiger partial charge in [0.2, 0.25) is 0 Å². The Balaban J connectivity index is 2.51. The first kappa shape index (κ1) is 12.1. The van der Waals surface area contributed by atoms with Gasteiger partial charge in [-0.05, 0) is 36.0 Å². The summed E-state index contributed by atoms with van der Waals surface area (Å²) in [6.45, 7) is 0. The Morgan fingerprint density at radius 2 is 1.82 bits per heavy atom. The maximum absolute atomic E-state index is 5.52. The van der Waals surface area contributed by atoms with Gasteiger partial charge in [-0.3, -0.25) is 0 Å². The number of hydrogen-bond acceptors (Lipinski definition) is 1. The molecule has 17 heavy (non-hydrogen) atoms. The predicted molar refractivity (Wildman–Crippen MR) is 80.0 cm³/mol. The maximum atomic E-state index is 5.52. The Bertz CT molecular complexity index is 540. The van der Waals surface area contributed by atoms with Crippen molar-refractivity contribution in [1.82, 2.24) is 0 Å². The van der Waals surface area contributed by atoms with E-state index in [0.29, 0.717) is 0 Å². The molecule has 0 aromatic heterocycles. The smallest absolute Gasteiger partial charge is 0.168 e. The van der Waals surface area contributed by atoms with Crippen molar-refractivity contribution in [2.45, 2.75) is 0 Å². The summed E-state index contributed by atoms with van der Waals surface area (Å²) in [5.41, 5.74) is 8.61. The molecule has 0 bridgehead atoms. The van der Waals surface area contributed by atoms with E-state index in [1.807, 2.05) is 48.5 Å². The minimum atomic E-state index is 0.268. The number of benzene rings is 2. The molecule has 2 rings (SSSR count). The van der Waals surface area contributed by atoms with E-state index in [1.54, 1.807) is 0 Å². The van der Waals surface area contributed by atoms with Gasteiger partial charge in [-0.1, -0.05) is 46.3 Å². The normalized spacial score (nSPS) is 9.94. The fourth-order valence-electron chi connectivity index (χ4n) is 1.61. The van der Waals surface area contributed by atoms with Crippen molar-refractivity contribution in [2.75, 3.05) is 5.32 Å². The predicted octanol–water partition coefficient (Wildman–Crippen LogP) is 3.77. The second-order valence-electron chi connectivity index (χ2n) is 3.55. The van der Waals surface area contributed by atoms with Crippen LogP contribution in [0.15, 0.2) is 53.0 Å². The van der Waals surface area contributed by atoms with E-state index in [1.165, 1.54) is 0 Å². The first-order valence-electron chi connectivity index (χ1n) is 5.08. The van der Waals surface area contributed by atoms with Gasteiger partial charge in [-0.15, -0.1) is 0 Å².